The molecule has 0 bridgehead atoms. The van der Waals surface area contributed by atoms with Crippen molar-refractivity contribution >= 4 is 17.3 Å². The number of nitrogens with zero attached hydrogens (tertiary/aromatic N) is 5. The fraction of sp³-hybridized carbons (Fsp3) is 0.217. The van der Waals surface area contributed by atoms with Crippen molar-refractivity contribution in [3.05, 3.63) is 98.0 Å². The second-order valence-electron chi connectivity index (χ2n) is 7.73. The molecular weight excluding hydrogens is 476 g/mol. The molecule has 0 aliphatic heterocycles. The van der Waals surface area contributed by atoms with Crippen molar-refractivity contribution in [1.29, 1.82) is 0 Å². The first-order valence-corrected chi connectivity index (χ1v) is 11.0. The van der Waals surface area contributed by atoms with Crippen molar-refractivity contribution in [3.8, 4) is 11.6 Å². The van der Waals surface area contributed by atoms with E-state index in [9.17, 15) is 14.7 Å². The molecule has 0 spiro atoms. The van der Waals surface area contributed by atoms with Gasteiger partial charge in [-0.15, -0.1) is 5.10 Å². The van der Waals surface area contributed by atoms with E-state index in [-0.39, 0.29) is 18.7 Å². The van der Waals surface area contributed by atoms with E-state index < -0.39 is 24.1 Å². The van der Waals surface area contributed by atoms with Crippen LogP contribution in [0.4, 0.5) is 5.69 Å². The molecule has 2 heterocycles. The van der Waals surface area contributed by atoms with Gasteiger partial charge in [0.05, 0.1) is 31.5 Å². The van der Waals surface area contributed by atoms with E-state index in [0.717, 1.165) is 10.1 Å². The minimum Gasteiger partial charge on any atom is -0.438 e. The van der Waals surface area contributed by atoms with Crippen LogP contribution in [0.2, 0.25) is 5.02 Å². The number of hydrogen-bond acceptors (Lipinski definition) is 7. The first kappa shape index (κ1) is 24.2. The van der Waals surface area contributed by atoms with Gasteiger partial charge in [0.2, 0.25) is 11.5 Å². The molecule has 2 aromatic carbocycles. The number of aliphatic hydroxyl groups excluding tert-OH is 2. The van der Waals surface area contributed by atoms with E-state index in [0.29, 0.717) is 22.3 Å². The van der Waals surface area contributed by atoms with Crippen LogP contribution in [0.3, 0.4) is 0 Å². The van der Waals surface area contributed by atoms with Gasteiger partial charge in [0.15, 0.2) is 0 Å². The number of hydrogen-bond donors (Lipinski definition) is 3. The molecule has 3 N–H and O–H groups in total. The quantitative estimate of drug-likeness (QED) is 0.333. The molecule has 12 heteroatoms. The Balaban J connectivity index is 1.73. The van der Waals surface area contributed by atoms with E-state index in [4.69, 9.17) is 21.4 Å². The molecule has 0 unspecified atom stereocenters. The van der Waals surface area contributed by atoms with Crippen molar-refractivity contribution in [2.24, 2.45) is 12.0 Å². The Hall–Kier alpha value is -3.93. The van der Waals surface area contributed by atoms with Gasteiger partial charge < -0.3 is 14.9 Å². The lowest BCUT2D eigenvalue weighted by Gasteiger charge is -2.13. The molecular formula is C23H23ClN6O5. The van der Waals surface area contributed by atoms with Gasteiger partial charge in [-0.25, -0.2) is 19.1 Å². The normalized spacial score (nSPS) is 12.6. The summed E-state index contributed by atoms with van der Waals surface area (Å²) in [5.41, 5.74) is -0.225. The Morgan fingerprint density at radius 3 is 2.43 bits per heavy atom. The lowest BCUT2D eigenvalue weighted by molar-refractivity contribution is 0.0783. The SMILES string of the molecule is Cn1ccc(Oc2ccc(/N=c3\[nH]c(=O)n(C[C@H](O)CO)c(=O)n3Cc3ccc(Cl)cc3)cc2)n1. The van der Waals surface area contributed by atoms with Crippen LogP contribution in [0.5, 0.6) is 11.6 Å². The molecule has 0 fully saturated rings. The summed E-state index contributed by atoms with van der Waals surface area (Å²) in [6.07, 6.45) is 0.489. The number of aryl methyl sites for hydroxylation is 1. The number of benzene rings is 2. The molecule has 0 saturated carbocycles. The highest BCUT2D eigenvalue weighted by Gasteiger charge is 2.13. The van der Waals surface area contributed by atoms with Gasteiger partial charge in [-0.1, -0.05) is 23.7 Å². The Morgan fingerprint density at radius 2 is 1.80 bits per heavy atom. The highest BCUT2D eigenvalue weighted by Crippen LogP contribution is 2.22. The lowest BCUT2D eigenvalue weighted by Crippen LogP contribution is -2.51. The average Bonchev–Trinajstić information content (AvgIpc) is 3.25. The summed E-state index contributed by atoms with van der Waals surface area (Å²) in [5, 5.41) is 23.6. The van der Waals surface area contributed by atoms with E-state index in [1.807, 2.05) is 0 Å². The maximum Gasteiger partial charge on any atom is 0.335 e. The predicted octanol–water partition coefficient (Wildman–Crippen LogP) is 1.15. The molecule has 2 aromatic heterocycles. The summed E-state index contributed by atoms with van der Waals surface area (Å²) in [4.78, 5) is 32.8. The van der Waals surface area contributed by atoms with Gasteiger partial charge in [-0.2, -0.15) is 0 Å². The Labute approximate surface area is 203 Å². The second-order valence-corrected chi connectivity index (χ2v) is 8.17. The minimum atomic E-state index is -1.27. The van der Waals surface area contributed by atoms with Crippen molar-refractivity contribution in [2.45, 2.75) is 19.2 Å². The molecule has 1 atom stereocenters. The van der Waals surface area contributed by atoms with Crippen molar-refractivity contribution in [2.75, 3.05) is 6.61 Å². The minimum absolute atomic E-state index is 0.0167. The molecule has 11 nitrogen and oxygen atoms in total. The Bertz CT molecular complexity index is 1490. The summed E-state index contributed by atoms with van der Waals surface area (Å²) < 4.78 is 9.38. The van der Waals surface area contributed by atoms with Crippen LogP contribution >= 0.6 is 11.6 Å². The topological polar surface area (TPSA) is 140 Å². The van der Waals surface area contributed by atoms with Crippen LogP contribution in [0, 0.1) is 0 Å². The highest BCUT2D eigenvalue weighted by atomic mass is 35.5. The number of rotatable bonds is 8. The van der Waals surface area contributed by atoms with Gasteiger partial charge in [0, 0.05) is 24.3 Å². The maximum atomic E-state index is 13.2. The first-order valence-electron chi connectivity index (χ1n) is 10.6. The predicted molar refractivity (Wildman–Crippen MR) is 128 cm³/mol. The lowest BCUT2D eigenvalue weighted by atomic mass is 10.2. The van der Waals surface area contributed by atoms with Crippen molar-refractivity contribution in [3.63, 3.8) is 0 Å². The van der Waals surface area contributed by atoms with E-state index >= 15 is 0 Å². The van der Waals surface area contributed by atoms with E-state index in [1.165, 1.54) is 4.57 Å². The van der Waals surface area contributed by atoms with Crippen LogP contribution in [-0.2, 0) is 20.1 Å². The van der Waals surface area contributed by atoms with Gasteiger partial charge >= 0.3 is 11.4 Å². The number of aliphatic hydroxyl groups is 2. The molecule has 35 heavy (non-hydrogen) atoms. The van der Waals surface area contributed by atoms with Crippen LogP contribution in [0.25, 0.3) is 0 Å². The Morgan fingerprint density at radius 1 is 1.09 bits per heavy atom. The van der Waals surface area contributed by atoms with E-state index in [1.54, 1.807) is 72.5 Å². The smallest absolute Gasteiger partial charge is 0.335 e. The zero-order chi connectivity index (χ0) is 24.9. The summed E-state index contributed by atoms with van der Waals surface area (Å²) in [5.74, 6) is 0.981. The Kier molecular flexibility index (Phi) is 7.30. The second kappa shape index (κ2) is 10.6. The summed E-state index contributed by atoms with van der Waals surface area (Å²) >= 11 is 5.96. The fourth-order valence-electron chi connectivity index (χ4n) is 3.27. The van der Waals surface area contributed by atoms with Crippen LogP contribution in [0.1, 0.15) is 5.56 Å². The highest BCUT2D eigenvalue weighted by molar-refractivity contribution is 6.30. The molecule has 0 aliphatic rings. The largest absolute Gasteiger partial charge is 0.438 e. The van der Waals surface area contributed by atoms with Crippen LogP contribution in [-0.4, -0.2) is 46.8 Å². The third-order valence-electron chi connectivity index (χ3n) is 5.02. The molecule has 182 valence electrons. The molecule has 0 aliphatic carbocycles. The third-order valence-corrected chi connectivity index (χ3v) is 5.27. The number of halogens is 1. The maximum absolute atomic E-state index is 13.2. The molecule has 4 aromatic rings. The zero-order valence-electron chi connectivity index (χ0n) is 18.7. The molecule has 4 rings (SSSR count). The number of ether oxygens (including phenoxy) is 1. The molecule has 0 saturated heterocycles. The third kappa shape index (κ3) is 5.96. The van der Waals surface area contributed by atoms with Crippen LogP contribution < -0.4 is 21.7 Å². The van der Waals surface area contributed by atoms with Gasteiger partial charge in [0.1, 0.15) is 5.75 Å². The van der Waals surface area contributed by atoms with Crippen molar-refractivity contribution < 1.29 is 14.9 Å². The molecule has 0 radical (unpaired) electrons. The van der Waals surface area contributed by atoms with Gasteiger partial charge in [-0.3, -0.25) is 14.2 Å². The summed E-state index contributed by atoms with van der Waals surface area (Å²) in [6, 6.07) is 15.3. The average molecular weight is 499 g/mol. The van der Waals surface area contributed by atoms with Crippen LogP contribution in [0.15, 0.2) is 75.4 Å². The summed E-state index contributed by atoms with van der Waals surface area (Å²) in [6.45, 7) is -0.880. The summed E-state index contributed by atoms with van der Waals surface area (Å²) in [7, 11) is 1.78. The van der Waals surface area contributed by atoms with Gasteiger partial charge in [0.25, 0.3) is 0 Å². The van der Waals surface area contributed by atoms with Gasteiger partial charge in [-0.05, 0) is 42.0 Å². The van der Waals surface area contributed by atoms with E-state index in [2.05, 4.69) is 15.1 Å². The number of aromatic amines is 1. The number of H-pyrrole nitrogens is 1. The zero-order valence-corrected chi connectivity index (χ0v) is 19.5. The number of nitrogens with one attached hydrogen (secondary N) is 1. The fourth-order valence-corrected chi connectivity index (χ4v) is 3.39. The standard InChI is InChI=1S/C23H23ClN6O5/c1-28-11-10-20(27-28)35-19-8-6-17(7-9-19)25-21-26-22(33)30(13-18(32)14-31)23(34)29(21)12-15-2-4-16(24)5-3-15/h2-11,18,31-32H,12-14H2,1H3,(H,25,26,33)/t18-/m0/s1. The monoisotopic (exact) mass is 498 g/mol. The first-order chi connectivity index (χ1) is 16.8. The number of aromatic nitrogens is 5. The van der Waals surface area contributed by atoms with Crippen molar-refractivity contribution in [1.82, 2.24) is 23.9 Å². The molecule has 0 amide bonds.